The van der Waals surface area contributed by atoms with Gasteiger partial charge in [-0.25, -0.2) is 4.99 Å². The number of carbonyl (C=O) groups excluding carboxylic acids is 1. The zero-order chi connectivity index (χ0) is 21.8. The van der Waals surface area contributed by atoms with E-state index in [4.69, 9.17) is 0 Å². The van der Waals surface area contributed by atoms with Crippen LogP contribution in [0.15, 0.2) is 58.3 Å². The van der Waals surface area contributed by atoms with Crippen LogP contribution in [0, 0.1) is 0 Å². The second kappa shape index (κ2) is 6.98. The predicted octanol–water partition coefficient (Wildman–Crippen LogP) is 2.01. The van der Waals surface area contributed by atoms with E-state index in [1.165, 1.54) is 28.8 Å². The van der Waals surface area contributed by atoms with Gasteiger partial charge in [0.25, 0.3) is 11.5 Å². The Morgan fingerprint density at radius 2 is 1.81 bits per heavy atom. The maximum atomic E-state index is 13.1. The highest BCUT2D eigenvalue weighted by Gasteiger charge is 2.31. The Morgan fingerprint density at radius 1 is 1.06 bits per heavy atom. The van der Waals surface area contributed by atoms with E-state index in [9.17, 15) is 22.8 Å². The lowest BCUT2D eigenvalue weighted by atomic mass is 10.1. The van der Waals surface area contributed by atoms with Crippen LogP contribution in [-0.4, -0.2) is 23.5 Å². The number of nitrogens with zero attached hydrogens (tertiary/aromatic N) is 3. The van der Waals surface area contributed by atoms with Crippen molar-refractivity contribution in [2.45, 2.75) is 13.0 Å². The van der Waals surface area contributed by atoms with Gasteiger partial charge in [-0.15, -0.1) is 13.2 Å². The number of aromatic nitrogens is 1. The SMILES string of the molecule is O=C1Nc2ccccc2/C1=c1/sc2n(c1=O)CN(c1ccc(OC(F)(F)F)cc1)CN=2. The molecule has 0 aliphatic carbocycles. The van der Waals surface area contributed by atoms with Crippen LogP contribution >= 0.6 is 11.3 Å². The summed E-state index contributed by atoms with van der Waals surface area (Å²) in [7, 11) is 0. The number of alkyl halides is 3. The van der Waals surface area contributed by atoms with E-state index in [0.29, 0.717) is 31.8 Å². The summed E-state index contributed by atoms with van der Waals surface area (Å²) in [6.07, 6.45) is -4.76. The average Bonchev–Trinajstić information content (AvgIpc) is 3.23. The summed E-state index contributed by atoms with van der Waals surface area (Å²) in [5, 5.41) is 2.76. The van der Waals surface area contributed by atoms with Gasteiger partial charge in [0.1, 0.15) is 23.6 Å². The fraction of sp³-hybridized carbons (Fsp3) is 0.150. The Hall–Kier alpha value is -3.60. The van der Waals surface area contributed by atoms with Crippen LogP contribution in [0.25, 0.3) is 5.57 Å². The topological polar surface area (TPSA) is 75.9 Å². The Bertz CT molecular complexity index is 1380. The van der Waals surface area contributed by atoms with Crippen molar-refractivity contribution in [2.75, 3.05) is 16.9 Å². The van der Waals surface area contributed by atoms with Crippen molar-refractivity contribution in [3.05, 3.63) is 73.8 Å². The predicted molar refractivity (Wildman–Crippen MR) is 107 cm³/mol. The van der Waals surface area contributed by atoms with Crippen LogP contribution < -0.4 is 29.8 Å². The lowest BCUT2D eigenvalue weighted by Crippen LogP contribution is -2.43. The van der Waals surface area contributed by atoms with E-state index in [1.54, 1.807) is 29.2 Å². The summed E-state index contributed by atoms with van der Waals surface area (Å²) >= 11 is 1.15. The van der Waals surface area contributed by atoms with Gasteiger partial charge in [-0.2, -0.15) is 0 Å². The van der Waals surface area contributed by atoms with Gasteiger partial charge in [0, 0.05) is 16.9 Å². The number of carbonyl (C=O) groups is 1. The van der Waals surface area contributed by atoms with Crippen LogP contribution in [-0.2, 0) is 11.5 Å². The number of benzene rings is 2. The number of amides is 1. The number of rotatable bonds is 2. The number of halogens is 3. The quantitative estimate of drug-likeness (QED) is 0.654. The number of anilines is 2. The number of thiazole rings is 1. The molecule has 0 saturated carbocycles. The number of para-hydroxylation sites is 1. The molecular weight excluding hydrogens is 433 g/mol. The molecule has 2 aliphatic heterocycles. The zero-order valence-electron chi connectivity index (χ0n) is 15.6. The summed E-state index contributed by atoms with van der Waals surface area (Å²) in [6, 6.07) is 12.5. The van der Waals surface area contributed by atoms with Crippen molar-refractivity contribution in [3.8, 4) is 5.75 Å². The van der Waals surface area contributed by atoms with Crippen LogP contribution in [0.2, 0.25) is 0 Å². The van der Waals surface area contributed by atoms with Crippen molar-refractivity contribution < 1.29 is 22.7 Å². The van der Waals surface area contributed by atoms with E-state index >= 15 is 0 Å². The summed E-state index contributed by atoms with van der Waals surface area (Å²) in [4.78, 5) is 32.2. The summed E-state index contributed by atoms with van der Waals surface area (Å²) in [6.45, 7) is 0.376. The van der Waals surface area contributed by atoms with Crippen molar-refractivity contribution in [2.24, 2.45) is 4.99 Å². The number of hydrogen-bond donors (Lipinski definition) is 1. The van der Waals surface area contributed by atoms with E-state index < -0.39 is 6.36 Å². The molecule has 5 rings (SSSR count). The van der Waals surface area contributed by atoms with Gasteiger partial charge in [0.15, 0.2) is 4.80 Å². The highest BCUT2D eigenvalue weighted by atomic mass is 32.1. The second-order valence-electron chi connectivity index (χ2n) is 6.84. The molecule has 0 fully saturated rings. The zero-order valence-corrected chi connectivity index (χ0v) is 16.5. The smallest absolute Gasteiger partial charge is 0.406 e. The molecule has 0 atom stereocenters. The Balaban J connectivity index is 1.50. The number of ether oxygens (including phenoxy) is 1. The molecule has 1 aromatic heterocycles. The molecule has 2 aromatic carbocycles. The molecule has 3 heterocycles. The molecule has 0 radical (unpaired) electrons. The first-order chi connectivity index (χ1) is 14.8. The van der Waals surface area contributed by atoms with Gasteiger partial charge in [-0.05, 0) is 30.3 Å². The Kier molecular flexibility index (Phi) is 4.36. The number of fused-ring (bicyclic) bond motifs is 2. The molecule has 11 heteroatoms. The number of hydrogen-bond acceptors (Lipinski definition) is 6. The fourth-order valence-electron chi connectivity index (χ4n) is 3.53. The maximum absolute atomic E-state index is 13.1. The largest absolute Gasteiger partial charge is 0.573 e. The standard InChI is InChI=1S/C20H13F3N4O3S/c21-20(22,23)30-12-7-5-11(6-8-12)26-9-24-19-27(10-26)18(29)16(31-19)15-13-3-1-2-4-14(13)25-17(15)28/h1-8H,9-10H2,(H,25,28)/b16-15-. The van der Waals surface area contributed by atoms with Crippen LogP contribution in [0.5, 0.6) is 5.75 Å². The van der Waals surface area contributed by atoms with Crippen LogP contribution in [0.1, 0.15) is 5.56 Å². The average molecular weight is 446 g/mol. The van der Waals surface area contributed by atoms with E-state index in [0.717, 1.165) is 11.3 Å². The van der Waals surface area contributed by atoms with Gasteiger partial charge in [0.05, 0.1) is 5.57 Å². The molecule has 0 saturated heterocycles. The molecule has 0 bridgehead atoms. The molecule has 3 aromatic rings. The van der Waals surface area contributed by atoms with E-state index in [-0.39, 0.29) is 30.6 Å². The molecule has 31 heavy (non-hydrogen) atoms. The molecule has 0 spiro atoms. The van der Waals surface area contributed by atoms with Crippen molar-refractivity contribution in [1.29, 1.82) is 0 Å². The van der Waals surface area contributed by atoms with Gasteiger partial charge in [-0.1, -0.05) is 29.5 Å². The molecular formula is C20H13F3N4O3S. The Morgan fingerprint density at radius 3 is 2.55 bits per heavy atom. The number of nitrogens with one attached hydrogen (secondary N) is 1. The highest BCUT2D eigenvalue weighted by Crippen LogP contribution is 2.29. The molecule has 1 amide bonds. The van der Waals surface area contributed by atoms with Gasteiger partial charge in [-0.3, -0.25) is 14.2 Å². The first-order valence-electron chi connectivity index (χ1n) is 9.10. The minimum absolute atomic E-state index is 0.157. The normalized spacial score (nSPS) is 17.0. The van der Waals surface area contributed by atoms with Gasteiger partial charge in [0.2, 0.25) is 0 Å². The Labute approximate surface area is 176 Å². The van der Waals surface area contributed by atoms with Crippen molar-refractivity contribution >= 4 is 34.2 Å². The molecule has 2 aliphatic rings. The first kappa shape index (κ1) is 19.4. The lowest BCUT2D eigenvalue weighted by molar-refractivity contribution is -0.274. The van der Waals surface area contributed by atoms with E-state index in [2.05, 4.69) is 15.0 Å². The second-order valence-corrected chi connectivity index (χ2v) is 7.82. The third-order valence-corrected chi connectivity index (χ3v) is 6.00. The first-order valence-corrected chi connectivity index (χ1v) is 9.92. The minimum Gasteiger partial charge on any atom is -0.406 e. The fourth-order valence-corrected chi connectivity index (χ4v) is 4.58. The third-order valence-electron chi connectivity index (χ3n) is 4.89. The lowest BCUT2D eigenvalue weighted by Gasteiger charge is -2.25. The monoisotopic (exact) mass is 446 g/mol. The molecule has 0 unspecified atom stereocenters. The third kappa shape index (κ3) is 3.46. The maximum Gasteiger partial charge on any atom is 0.573 e. The molecule has 1 N–H and O–H groups in total. The summed E-state index contributed by atoms with van der Waals surface area (Å²) in [5.74, 6) is -0.669. The van der Waals surface area contributed by atoms with Crippen molar-refractivity contribution in [1.82, 2.24) is 4.57 Å². The van der Waals surface area contributed by atoms with Crippen LogP contribution in [0.4, 0.5) is 24.5 Å². The van der Waals surface area contributed by atoms with Gasteiger partial charge < -0.3 is 15.0 Å². The highest BCUT2D eigenvalue weighted by molar-refractivity contribution is 7.07. The minimum atomic E-state index is -4.76. The summed E-state index contributed by atoms with van der Waals surface area (Å²) in [5.41, 5.74) is 1.88. The van der Waals surface area contributed by atoms with Crippen LogP contribution in [0.3, 0.4) is 0 Å². The van der Waals surface area contributed by atoms with Gasteiger partial charge >= 0.3 is 6.36 Å². The molecule has 7 nitrogen and oxygen atoms in total. The van der Waals surface area contributed by atoms with E-state index in [1.807, 2.05) is 0 Å². The summed E-state index contributed by atoms with van der Waals surface area (Å²) < 4.78 is 42.7. The molecule has 158 valence electrons. The van der Waals surface area contributed by atoms with Crippen molar-refractivity contribution in [3.63, 3.8) is 0 Å².